The third-order valence-corrected chi connectivity index (χ3v) is 9.13. The van der Waals surface area contributed by atoms with Crippen LogP contribution in [-0.4, -0.2) is 29.7 Å². The van der Waals surface area contributed by atoms with Crippen LogP contribution in [0.25, 0.3) is 10.2 Å². The number of nitrogens with zero attached hydrogens (tertiary/aromatic N) is 3. The third-order valence-electron chi connectivity index (χ3n) is 5.99. The van der Waals surface area contributed by atoms with Crippen molar-refractivity contribution < 1.29 is 13.2 Å². The van der Waals surface area contributed by atoms with Gasteiger partial charge in [0.05, 0.1) is 15.1 Å². The molecule has 0 radical (unpaired) electrons. The number of halogens is 1. The van der Waals surface area contributed by atoms with Crippen molar-refractivity contribution in [2.24, 2.45) is 4.99 Å². The molecule has 0 N–H and O–H groups in total. The summed E-state index contributed by atoms with van der Waals surface area (Å²) in [5.74, 6) is -0.421. The first kappa shape index (κ1) is 23.0. The van der Waals surface area contributed by atoms with Crippen LogP contribution in [-0.2, 0) is 29.5 Å². The fourth-order valence-electron chi connectivity index (χ4n) is 4.18. The van der Waals surface area contributed by atoms with Gasteiger partial charge in [0.15, 0.2) is 4.80 Å². The lowest BCUT2D eigenvalue weighted by molar-refractivity contribution is 0.0997. The maximum atomic E-state index is 13.2. The van der Waals surface area contributed by atoms with Crippen LogP contribution < -0.4 is 4.80 Å². The Balaban J connectivity index is 1.41. The molecule has 34 heavy (non-hydrogen) atoms. The highest BCUT2D eigenvalue weighted by molar-refractivity contribution is 7.89. The minimum absolute atomic E-state index is 0.170. The van der Waals surface area contributed by atoms with E-state index in [1.807, 2.05) is 54.0 Å². The van der Waals surface area contributed by atoms with Crippen molar-refractivity contribution in [3.8, 4) is 0 Å². The van der Waals surface area contributed by atoms with Gasteiger partial charge in [0.25, 0.3) is 5.91 Å². The van der Waals surface area contributed by atoms with E-state index in [9.17, 15) is 13.2 Å². The molecule has 0 atom stereocenters. The zero-order valence-corrected chi connectivity index (χ0v) is 20.8. The summed E-state index contributed by atoms with van der Waals surface area (Å²) in [5, 5.41) is 0.629. The summed E-state index contributed by atoms with van der Waals surface area (Å²) < 4.78 is 30.8. The maximum absolute atomic E-state index is 13.2. The summed E-state index contributed by atoms with van der Waals surface area (Å²) in [6.45, 7) is 3.43. The van der Waals surface area contributed by atoms with Gasteiger partial charge in [-0.05, 0) is 66.9 Å². The van der Waals surface area contributed by atoms with Crippen molar-refractivity contribution in [3.63, 3.8) is 0 Å². The maximum Gasteiger partial charge on any atom is 0.279 e. The predicted molar refractivity (Wildman–Crippen MR) is 135 cm³/mol. The van der Waals surface area contributed by atoms with Crippen molar-refractivity contribution in [2.75, 3.05) is 6.54 Å². The summed E-state index contributed by atoms with van der Waals surface area (Å²) in [5.41, 5.74) is 3.51. The molecule has 0 saturated carbocycles. The molecule has 0 unspecified atom stereocenters. The number of amides is 1. The summed E-state index contributed by atoms with van der Waals surface area (Å²) in [4.78, 5) is 17.9. The lowest BCUT2D eigenvalue weighted by Crippen LogP contribution is -2.35. The van der Waals surface area contributed by atoms with Gasteiger partial charge in [-0.15, -0.1) is 0 Å². The third kappa shape index (κ3) is 4.22. The summed E-state index contributed by atoms with van der Waals surface area (Å²) in [6.07, 6.45) is 0.683. The first-order chi connectivity index (χ1) is 16.4. The average Bonchev–Trinajstić information content (AvgIpc) is 3.19. The minimum Gasteiger partial charge on any atom is -0.317 e. The Labute approximate surface area is 206 Å². The largest absolute Gasteiger partial charge is 0.317 e. The van der Waals surface area contributed by atoms with E-state index < -0.39 is 15.9 Å². The van der Waals surface area contributed by atoms with Crippen LogP contribution in [0, 0.1) is 0 Å². The van der Waals surface area contributed by atoms with E-state index >= 15 is 0 Å². The molecule has 5 rings (SSSR count). The van der Waals surface area contributed by atoms with Crippen LogP contribution in [0.5, 0.6) is 0 Å². The van der Waals surface area contributed by atoms with E-state index in [0.29, 0.717) is 41.4 Å². The molecule has 0 bridgehead atoms. The number of sulfonamides is 1. The van der Waals surface area contributed by atoms with E-state index in [0.717, 1.165) is 15.8 Å². The van der Waals surface area contributed by atoms with Gasteiger partial charge in [-0.3, -0.25) is 4.79 Å². The minimum atomic E-state index is -3.66. The number of aromatic nitrogens is 1. The van der Waals surface area contributed by atoms with Crippen LogP contribution in [0.3, 0.4) is 0 Å². The second-order valence-corrected chi connectivity index (χ2v) is 11.4. The molecule has 2 heterocycles. The summed E-state index contributed by atoms with van der Waals surface area (Å²) >= 11 is 7.50. The molecular weight excluding hydrogens is 490 g/mol. The van der Waals surface area contributed by atoms with Crippen molar-refractivity contribution in [3.05, 3.63) is 93.2 Å². The number of thiazole rings is 1. The van der Waals surface area contributed by atoms with Gasteiger partial charge in [-0.2, -0.15) is 9.30 Å². The Morgan fingerprint density at radius 2 is 1.79 bits per heavy atom. The van der Waals surface area contributed by atoms with Crippen LogP contribution in [0.2, 0.25) is 5.02 Å². The highest BCUT2D eigenvalue weighted by atomic mass is 35.5. The molecule has 6 nitrogen and oxygen atoms in total. The number of aryl methyl sites for hydroxylation is 1. The van der Waals surface area contributed by atoms with E-state index in [4.69, 9.17) is 11.6 Å². The topological polar surface area (TPSA) is 71.7 Å². The van der Waals surface area contributed by atoms with Gasteiger partial charge in [-0.1, -0.05) is 47.2 Å². The number of rotatable bonds is 4. The number of carbonyl (C=O) groups excluding carboxylic acids is 1. The molecule has 174 valence electrons. The van der Waals surface area contributed by atoms with Gasteiger partial charge in [0, 0.05) is 30.2 Å². The number of fused-ring (bicyclic) bond motifs is 2. The van der Waals surface area contributed by atoms with Gasteiger partial charge in [0.2, 0.25) is 10.0 Å². The second kappa shape index (κ2) is 9.11. The molecule has 9 heteroatoms. The summed E-state index contributed by atoms with van der Waals surface area (Å²) in [7, 11) is -3.66. The van der Waals surface area contributed by atoms with Crippen LogP contribution >= 0.6 is 22.9 Å². The van der Waals surface area contributed by atoms with E-state index in [2.05, 4.69) is 4.99 Å². The lowest BCUT2D eigenvalue weighted by atomic mass is 10.0. The Bertz CT molecular complexity index is 1570. The lowest BCUT2D eigenvalue weighted by Gasteiger charge is -2.28. The van der Waals surface area contributed by atoms with Gasteiger partial charge >= 0.3 is 0 Å². The van der Waals surface area contributed by atoms with Crippen molar-refractivity contribution in [1.29, 1.82) is 0 Å². The smallest absolute Gasteiger partial charge is 0.279 e. The molecule has 0 aliphatic carbocycles. The van der Waals surface area contributed by atoms with Crippen molar-refractivity contribution in [1.82, 2.24) is 8.87 Å². The first-order valence-electron chi connectivity index (χ1n) is 10.9. The zero-order valence-electron chi connectivity index (χ0n) is 18.4. The van der Waals surface area contributed by atoms with E-state index in [1.165, 1.54) is 45.5 Å². The number of benzene rings is 3. The Morgan fingerprint density at radius 3 is 2.53 bits per heavy atom. The van der Waals surface area contributed by atoms with Crippen molar-refractivity contribution in [2.45, 2.75) is 31.3 Å². The molecular formula is C25H22ClN3O3S2. The fraction of sp³-hybridized carbons (Fsp3) is 0.200. The standard InChI is InChI=1S/C25H22ClN3O3S2/c1-2-29-22-12-9-20(26)15-23(22)33-25(29)27-24(30)18-7-10-21(11-8-18)34(31,32)28-14-13-17-5-3-4-6-19(17)16-28/h3-12,15H,2,13-14,16H2,1H3. The number of hydrogen-bond donors (Lipinski definition) is 0. The molecule has 1 aliphatic rings. The zero-order chi connectivity index (χ0) is 23.9. The summed E-state index contributed by atoms with van der Waals surface area (Å²) in [6, 6.07) is 19.5. The van der Waals surface area contributed by atoms with Crippen molar-refractivity contribution >= 4 is 49.1 Å². The first-order valence-corrected chi connectivity index (χ1v) is 13.5. The van der Waals surface area contributed by atoms with Crippen LogP contribution in [0.1, 0.15) is 28.4 Å². The Hall–Kier alpha value is -2.78. The molecule has 1 amide bonds. The fourth-order valence-corrected chi connectivity index (χ4v) is 6.97. The van der Waals surface area contributed by atoms with Gasteiger partial charge in [0.1, 0.15) is 0 Å². The number of carbonyl (C=O) groups is 1. The number of hydrogen-bond acceptors (Lipinski definition) is 4. The quantitative estimate of drug-likeness (QED) is 0.392. The van der Waals surface area contributed by atoms with Crippen LogP contribution in [0.4, 0.5) is 0 Å². The normalized spacial score (nSPS) is 14.9. The molecule has 1 aromatic heterocycles. The van der Waals surface area contributed by atoms with E-state index in [1.54, 1.807) is 0 Å². The Kier molecular flexibility index (Phi) is 6.16. The molecule has 1 aliphatic heterocycles. The molecule has 0 spiro atoms. The second-order valence-electron chi connectivity index (χ2n) is 8.04. The SMILES string of the molecule is CCn1c(=NC(=O)c2ccc(S(=O)(=O)N3CCc4ccccc4C3)cc2)sc2cc(Cl)ccc21. The highest BCUT2D eigenvalue weighted by Gasteiger charge is 2.28. The van der Waals surface area contributed by atoms with E-state index in [-0.39, 0.29) is 4.90 Å². The van der Waals surface area contributed by atoms with Gasteiger partial charge in [-0.25, -0.2) is 8.42 Å². The van der Waals surface area contributed by atoms with Crippen LogP contribution in [0.15, 0.2) is 76.6 Å². The molecule has 4 aromatic rings. The average molecular weight is 512 g/mol. The monoisotopic (exact) mass is 511 g/mol. The molecule has 0 saturated heterocycles. The Morgan fingerprint density at radius 1 is 1.06 bits per heavy atom. The van der Waals surface area contributed by atoms with Gasteiger partial charge < -0.3 is 4.57 Å². The molecule has 0 fully saturated rings. The highest BCUT2D eigenvalue weighted by Crippen LogP contribution is 2.25. The predicted octanol–water partition coefficient (Wildman–Crippen LogP) is 4.86. The molecule has 3 aromatic carbocycles.